The highest BCUT2D eigenvalue weighted by molar-refractivity contribution is 5.84. The van der Waals surface area contributed by atoms with E-state index in [0.29, 0.717) is 12.3 Å². The molecule has 156 valence electrons. The van der Waals surface area contributed by atoms with Crippen molar-refractivity contribution in [3.8, 4) is 0 Å². The fourth-order valence-electron chi connectivity index (χ4n) is 4.25. The summed E-state index contributed by atoms with van der Waals surface area (Å²) in [6, 6.07) is 9.89. The van der Waals surface area contributed by atoms with Gasteiger partial charge in [0.25, 0.3) is 0 Å². The Bertz CT molecular complexity index is 1050. The number of anilines is 1. The summed E-state index contributed by atoms with van der Waals surface area (Å²) in [5.41, 5.74) is 3.15. The van der Waals surface area contributed by atoms with Crippen molar-refractivity contribution in [2.24, 2.45) is 0 Å². The van der Waals surface area contributed by atoms with Crippen LogP contribution in [0.4, 0.5) is 5.82 Å². The van der Waals surface area contributed by atoms with E-state index >= 15 is 0 Å². The lowest BCUT2D eigenvalue weighted by Crippen LogP contribution is -2.42. The van der Waals surface area contributed by atoms with Gasteiger partial charge in [-0.1, -0.05) is 18.2 Å². The lowest BCUT2D eigenvalue weighted by atomic mass is 10.0. The van der Waals surface area contributed by atoms with Gasteiger partial charge >= 0.3 is 0 Å². The summed E-state index contributed by atoms with van der Waals surface area (Å²) < 4.78 is 0. The molecule has 2 aliphatic rings. The minimum absolute atomic E-state index is 0.0509. The zero-order chi connectivity index (χ0) is 20.5. The Balaban J connectivity index is 1.49. The number of aromatic amines is 1. The first-order chi connectivity index (χ1) is 14.7. The quantitative estimate of drug-likeness (QED) is 0.486. The Morgan fingerprint density at radius 2 is 2.10 bits per heavy atom. The number of carbonyl (C=O) groups is 1. The molecule has 1 saturated heterocycles. The molecule has 2 fully saturated rings. The number of H-pyrrole nitrogens is 1. The molecule has 7 heteroatoms. The molecule has 1 saturated carbocycles. The third kappa shape index (κ3) is 3.89. The van der Waals surface area contributed by atoms with E-state index < -0.39 is 0 Å². The molecule has 2 aromatic heterocycles. The highest BCUT2D eigenvalue weighted by Crippen LogP contribution is 2.39. The molecule has 0 bridgehead atoms. The molecule has 30 heavy (non-hydrogen) atoms. The normalized spacial score (nSPS) is 19.7. The molecule has 0 radical (unpaired) electrons. The number of hydrogen-bond acceptors (Lipinski definition) is 5. The van der Waals surface area contributed by atoms with E-state index in [4.69, 9.17) is 4.98 Å². The standard InChI is InChI=1S/C23H28N6O/c1-24-21-12-20(27-22(29-21)14-8-9-14)19(28-23(30)18-7-4-10-25-18)11-15-13-26-17-6-3-2-5-16(15)17/h2-3,5-6,12-14,18-19,25-26H,4,7-11H2,1H3,(H,28,30)(H,24,27,29). The van der Waals surface area contributed by atoms with Gasteiger partial charge in [0.2, 0.25) is 5.91 Å². The van der Waals surface area contributed by atoms with Crippen LogP contribution in [0.1, 0.15) is 54.7 Å². The van der Waals surface area contributed by atoms with Gasteiger partial charge < -0.3 is 20.9 Å². The fraction of sp³-hybridized carbons (Fsp3) is 0.435. The summed E-state index contributed by atoms with van der Waals surface area (Å²) in [5, 5.41) is 10.9. The zero-order valence-electron chi connectivity index (χ0n) is 17.2. The van der Waals surface area contributed by atoms with Crippen LogP contribution in [0.2, 0.25) is 0 Å². The molecule has 3 heterocycles. The van der Waals surface area contributed by atoms with E-state index in [1.165, 1.54) is 10.9 Å². The molecule has 2 atom stereocenters. The Morgan fingerprint density at radius 1 is 1.23 bits per heavy atom. The lowest BCUT2D eigenvalue weighted by Gasteiger charge is -2.22. The Labute approximate surface area is 176 Å². The minimum Gasteiger partial charge on any atom is -0.373 e. The van der Waals surface area contributed by atoms with E-state index in [9.17, 15) is 4.79 Å². The molecule has 5 rings (SSSR count). The monoisotopic (exact) mass is 404 g/mol. The third-order valence-corrected chi connectivity index (χ3v) is 6.11. The van der Waals surface area contributed by atoms with Crippen LogP contribution in [0, 0.1) is 0 Å². The topological polar surface area (TPSA) is 94.7 Å². The summed E-state index contributed by atoms with van der Waals surface area (Å²) >= 11 is 0. The van der Waals surface area contributed by atoms with E-state index in [1.54, 1.807) is 0 Å². The van der Waals surface area contributed by atoms with Crippen LogP contribution >= 0.6 is 0 Å². The van der Waals surface area contributed by atoms with Crippen LogP contribution in [-0.2, 0) is 11.2 Å². The zero-order valence-corrected chi connectivity index (χ0v) is 17.2. The molecule has 1 aromatic carbocycles. The van der Waals surface area contributed by atoms with Gasteiger partial charge in [0.05, 0.1) is 17.8 Å². The summed E-state index contributed by atoms with van der Waals surface area (Å²) in [4.78, 5) is 25.8. The predicted molar refractivity (Wildman–Crippen MR) is 117 cm³/mol. The smallest absolute Gasteiger partial charge is 0.237 e. The summed E-state index contributed by atoms with van der Waals surface area (Å²) in [6.07, 6.45) is 6.90. The molecule has 3 aromatic rings. The van der Waals surface area contributed by atoms with Gasteiger partial charge in [-0.25, -0.2) is 9.97 Å². The van der Waals surface area contributed by atoms with E-state index in [1.807, 2.05) is 31.4 Å². The lowest BCUT2D eigenvalue weighted by molar-refractivity contribution is -0.123. The number of nitrogens with zero attached hydrogens (tertiary/aromatic N) is 2. The first kappa shape index (κ1) is 19.1. The number of hydrogen-bond donors (Lipinski definition) is 4. The number of aromatic nitrogens is 3. The van der Waals surface area contributed by atoms with Crippen LogP contribution in [0.25, 0.3) is 10.9 Å². The minimum atomic E-state index is -0.216. The van der Waals surface area contributed by atoms with E-state index in [0.717, 1.165) is 55.1 Å². The van der Waals surface area contributed by atoms with Crippen molar-refractivity contribution in [2.75, 3.05) is 18.9 Å². The summed E-state index contributed by atoms with van der Waals surface area (Å²) in [6.45, 7) is 0.897. The Morgan fingerprint density at radius 3 is 2.87 bits per heavy atom. The first-order valence-electron chi connectivity index (χ1n) is 10.9. The molecule has 7 nitrogen and oxygen atoms in total. The highest BCUT2D eigenvalue weighted by atomic mass is 16.2. The SMILES string of the molecule is CNc1cc(C(Cc2c[nH]c3ccccc23)NC(=O)C2CCCN2)nc(C2CC2)n1. The van der Waals surface area contributed by atoms with Crippen molar-refractivity contribution < 1.29 is 4.79 Å². The first-order valence-corrected chi connectivity index (χ1v) is 10.9. The van der Waals surface area contributed by atoms with Gasteiger partial charge in [0.15, 0.2) is 0 Å². The van der Waals surface area contributed by atoms with Crippen molar-refractivity contribution in [1.29, 1.82) is 0 Å². The molecule has 4 N–H and O–H groups in total. The average Bonchev–Trinajstić information content (AvgIpc) is 3.33. The van der Waals surface area contributed by atoms with Gasteiger partial charge in [-0.3, -0.25) is 4.79 Å². The molecule has 1 aliphatic heterocycles. The van der Waals surface area contributed by atoms with Gasteiger partial charge in [-0.05, 0) is 43.9 Å². The largest absolute Gasteiger partial charge is 0.373 e. The Kier molecular flexibility index (Phi) is 5.12. The number of amides is 1. The van der Waals surface area contributed by atoms with Crippen LogP contribution in [-0.4, -0.2) is 40.5 Å². The second kappa shape index (κ2) is 8.07. The highest BCUT2D eigenvalue weighted by Gasteiger charge is 2.30. The maximum Gasteiger partial charge on any atom is 0.237 e. The number of carbonyl (C=O) groups excluding carboxylic acids is 1. The maximum absolute atomic E-state index is 13.0. The number of rotatable bonds is 7. The van der Waals surface area contributed by atoms with Crippen LogP contribution in [0.3, 0.4) is 0 Å². The number of benzene rings is 1. The van der Waals surface area contributed by atoms with Crippen LogP contribution < -0.4 is 16.0 Å². The number of para-hydroxylation sites is 1. The van der Waals surface area contributed by atoms with Crippen molar-refractivity contribution in [1.82, 2.24) is 25.6 Å². The van der Waals surface area contributed by atoms with Crippen molar-refractivity contribution in [2.45, 2.75) is 50.1 Å². The van der Waals surface area contributed by atoms with Crippen molar-refractivity contribution >= 4 is 22.6 Å². The van der Waals surface area contributed by atoms with Crippen LogP contribution in [0.5, 0.6) is 0 Å². The van der Waals surface area contributed by atoms with Gasteiger partial charge in [0, 0.05) is 42.6 Å². The number of fused-ring (bicyclic) bond motifs is 1. The third-order valence-electron chi connectivity index (χ3n) is 6.11. The fourth-order valence-corrected chi connectivity index (χ4v) is 4.25. The maximum atomic E-state index is 13.0. The van der Waals surface area contributed by atoms with Crippen LogP contribution in [0.15, 0.2) is 36.5 Å². The average molecular weight is 405 g/mol. The predicted octanol–water partition coefficient (Wildman–Crippen LogP) is 3.03. The second-order valence-electron chi connectivity index (χ2n) is 8.33. The number of nitrogens with one attached hydrogen (secondary N) is 4. The molecule has 1 aliphatic carbocycles. The van der Waals surface area contributed by atoms with Gasteiger partial charge in [-0.15, -0.1) is 0 Å². The van der Waals surface area contributed by atoms with E-state index in [-0.39, 0.29) is 18.0 Å². The summed E-state index contributed by atoms with van der Waals surface area (Å²) in [7, 11) is 1.87. The van der Waals surface area contributed by atoms with Gasteiger partial charge in [0.1, 0.15) is 11.6 Å². The molecular formula is C23H28N6O. The second-order valence-corrected chi connectivity index (χ2v) is 8.33. The molecular weight excluding hydrogens is 376 g/mol. The van der Waals surface area contributed by atoms with Crippen molar-refractivity contribution in [3.05, 3.63) is 53.6 Å². The van der Waals surface area contributed by atoms with E-state index in [2.05, 4.69) is 38.1 Å². The molecule has 1 amide bonds. The summed E-state index contributed by atoms with van der Waals surface area (Å²) in [5.74, 6) is 2.18. The molecule has 0 spiro atoms. The van der Waals surface area contributed by atoms with Gasteiger partial charge in [-0.2, -0.15) is 0 Å². The van der Waals surface area contributed by atoms with Crippen molar-refractivity contribution in [3.63, 3.8) is 0 Å². The molecule has 2 unspecified atom stereocenters. The Hall–Kier alpha value is -2.93.